The number of nitrogens with zero attached hydrogens (tertiary/aromatic N) is 1. The van der Waals surface area contributed by atoms with Gasteiger partial charge in [0, 0.05) is 16.9 Å². The van der Waals surface area contributed by atoms with Gasteiger partial charge in [0.2, 0.25) is 0 Å². The zero-order valence-corrected chi connectivity index (χ0v) is 34.1. The van der Waals surface area contributed by atoms with E-state index < -0.39 is 5.41 Å². The second-order valence-corrected chi connectivity index (χ2v) is 16.4. The molecule has 0 fully saturated rings. The normalized spacial score (nSPS) is 12.6. The van der Waals surface area contributed by atoms with Gasteiger partial charge in [-0.3, -0.25) is 0 Å². The summed E-state index contributed by atoms with van der Waals surface area (Å²) in [6.07, 6.45) is 0. The molecule has 10 aromatic rings. The molecular formula is C61H41N. The molecule has 2 aliphatic carbocycles. The quantitative estimate of drug-likeness (QED) is 0.155. The van der Waals surface area contributed by atoms with Gasteiger partial charge in [-0.15, -0.1) is 0 Å². The van der Waals surface area contributed by atoms with Gasteiger partial charge in [-0.2, -0.15) is 0 Å². The molecule has 0 heterocycles. The van der Waals surface area contributed by atoms with Gasteiger partial charge in [0.15, 0.2) is 0 Å². The molecule has 0 saturated heterocycles. The number of rotatable bonds is 7. The third kappa shape index (κ3) is 5.56. The molecule has 2 aliphatic rings. The Morgan fingerprint density at radius 1 is 0.242 bits per heavy atom. The van der Waals surface area contributed by atoms with E-state index >= 15 is 0 Å². The van der Waals surface area contributed by atoms with Gasteiger partial charge in [-0.05, 0) is 114 Å². The second-order valence-electron chi connectivity index (χ2n) is 16.4. The fourth-order valence-corrected chi connectivity index (χ4v) is 10.4. The molecule has 0 amide bonds. The van der Waals surface area contributed by atoms with Crippen molar-refractivity contribution in [3.05, 3.63) is 271 Å². The fourth-order valence-electron chi connectivity index (χ4n) is 10.4. The molecular weight excluding hydrogens is 747 g/mol. The number of anilines is 3. The summed E-state index contributed by atoms with van der Waals surface area (Å²) in [5.41, 5.74) is 23.0. The molecule has 0 atom stereocenters. The molecule has 0 aromatic heterocycles. The average Bonchev–Trinajstić information content (AvgIpc) is 3.83. The smallest absolute Gasteiger partial charge is 0.0726 e. The molecule has 0 N–H and O–H groups in total. The Balaban J connectivity index is 1.09. The first kappa shape index (κ1) is 35.9. The van der Waals surface area contributed by atoms with Gasteiger partial charge in [0.1, 0.15) is 0 Å². The van der Waals surface area contributed by atoms with Crippen LogP contribution >= 0.6 is 0 Å². The third-order valence-electron chi connectivity index (χ3n) is 13.1. The molecule has 0 saturated carbocycles. The molecule has 1 heteroatoms. The number of hydrogen-bond donors (Lipinski definition) is 0. The largest absolute Gasteiger partial charge is 0.310 e. The molecule has 62 heavy (non-hydrogen) atoms. The lowest BCUT2D eigenvalue weighted by Gasteiger charge is -2.32. The summed E-state index contributed by atoms with van der Waals surface area (Å²) in [4.78, 5) is 2.49. The standard InChI is InChI=1S/C61H41N/c1-4-17-42(18-5-1)44-31-33-47(34-32-44)50-40-39-49(41-54(50)46-21-8-3-9-22-46)62(48-37-35-45(36-38-48)43-19-6-2-7-20-43)59-30-16-29-58-60(59)53-25-12-15-28-57(53)61(58)55-26-13-10-23-51(55)52-24-11-14-27-56(52)61/h1-41H. The number of fused-ring (bicyclic) bond motifs is 10. The zero-order valence-electron chi connectivity index (χ0n) is 34.1. The Morgan fingerprint density at radius 2 is 0.645 bits per heavy atom. The monoisotopic (exact) mass is 787 g/mol. The summed E-state index contributed by atoms with van der Waals surface area (Å²) >= 11 is 0. The van der Waals surface area contributed by atoms with E-state index in [0.717, 1.165) is 17.1 Å². The Hall–Kier alpha value is -8.00. The van der Waals surface area contributed by atoms with Gasteiger partial charge in [-0.25, -0.2) is 0 Å². The van der Waals surface area contributed by atoms with E-state index in [1.54, 1.807) is 0 Å². The van der Waals surface area contributed by atoms with Crippen LogP contribution in [0.25, 0.3) is 66.8 Å². The SMILES string of the molecule is c1ccc(-c2ccc(-c3ccc(N(c4ccc(-c5ccccc5)cc4)c4cccc5c4-c4ccccc4C54c5ccccc5-c5ccccc54)cc3-c3ccccc3)cc2)cc1. The van der Waals surface area contributed by atoms with E-state index in [4.69, 9.17) is 0 Å². The van der Waals surface area contributed by atoms with Crippen LogP contribution in [-0.2, 0) is 5.41 Å². The molecule has 0 unspecified atom stereocenters. The van der Waals surface area contributed by atoms with Gasteiger partial charge in [0.25, 0.3) is 0 Å². The Bertz CT molecular complexity index is 3210. The minimum atomic E-state index is -0.442. The van der Waals surface area contributed by atoms with E-state index in [1.165, 1.54) is 89.0 Å². The predicted octanol–water partition coefficient (Wildman–Crippen LogP) is 16.2. The summed E-state index contributed by atoms with van der Waals surface area (Å²) in [5, 5.41) is 0. The first-order chi connectivity index (χ1) is 30.8. The topological polar surface area (TPSA) is 3.24 Å². The molecule has 0 radical (unpaired) electrons. The van der Waals surface area contributed by atoms with Crippen molar-refractivity contribution in [2.24, 2.45) is 0 Å². The minimum absolute atomic E-state index is 0.442. The highest BCUT2D eigenvalue weighted by Crippen LogP contribution is 2.64. The van der Waals surface area contributed by atoms with Gasteiger partial charge in [-0.1, -0.05) is 218 Å². The molecule has 10 aromatic carbocycles. The Labute approximate surface area is 363 Å². The van der Waals surface area contributed by atoms with E-state index in [9.17, 15) is 0 Å². The first-order valence-electron chi connectivity index (χ1n) is 21.5. The van der Waals surface area contributed by atoms with Crippen molar-refractivity contribution in [1.29, 1.82) is 0 Å². The fraction of sp³-hybridized carbons (Fsp3) is 0.0164. The first-order valence-corrected chi connectivity index (χ1v) is 21.5. The Kier molecular flexibility index (Phi) is 8.47. The molecule has 1 spiro atoms. The van der Waals surface area contributed by atoms with Gasteiger partial charge >= 0.3 is 0 Å². The molecule has 12 rings (SSSR count). The lowest BCUT2D eigenvalue weighted by atomic mass is 9.70. The van der Waals surface area contributed by atoms with E-state index in [1.807, 2.05) is 0 Å². The highest BCUT2D eigenvalue weighted by atomic mass is 15.1. The summed E-state index contributed by atoms with van der Waals surface area (Å²) in [6, 6.07) is 91.5. The number of benzene rings is 10. The summed E-state index contributed by atoms with van der Waals surface area (Å²) in [7, 11) is 0. The lowest BCUT2D eigenvalue weighted by molar-refractivity contribution is 0.794. The van der Waals surface area contributed by atoms with Crippen molar-refractivity contribution in [3.8, 4) is 66.8 Å². The van der Waals surface area contributed by atoms with Crippen molar-refractivity contribution in [3.63, 3.8) is 0 Å². The van der Waals surface area contributed by atoms with E-state index in [-0.39, 0.29) is 0 Å². The molecule has 1 nitrogen and oxygen atoms in total. The molecule has 290 valence electrons. The van der Waals surface area contributed by atoms with Crippen molar-refractivity contribution >= 4 is 17.1 Å². The van der Waals surface area contributed by atoms with Crippen LogP contribution in [-0.4, -0.2) is 0 Å². The maximum atomic E-state index is 2.49. The van der Waals surface area contributed by atoms with Crippen molar-refractivity contribution in [2.75, 3.05) is 4.90 Å². The average molecular weight is 788 g/mol. The highest BCUT2D eigenvalue weighted by molar-refractivity contribution is 6.01. The number of hydrogen-bond acceptors (Lipinski definition) is 1. The maximum Gasteiger partial charge on any atom is 0.0726 e. The van der Waals surface area contributed by atoms with Crippen molar-refractivity contribution in [1.82, 2.24) is 0 Å². The van der Waals surface area contributed by atoms with Crippen LogP contribution < -0.4 is 4.90 Å². The minimum Gasteiger partial charge on any atom is -0.310 e. The lowest BCUT2D eigenvalue weighted by Crippen LogP contribution is -2.26. The van der Waals surface area contributed by atoms with E-state index in [2.05, 4.69) is 254 Å². The van der Waals surface area contributed by atoms with Crippen LogP contribution in [0.3, 0.4) is 0 Å². The third-order valence-corrected chi connectivity index (χ3v) is 13.1. The molecule has 0 bridgehead atoms. The van der Waals surface area contributed by atoms with Crippen LogP contribution in [0.4, 0.5) is 17.1 Å². The predicted molar refractivity (Wildman–Crippen MR) is 259 cm³/mol. The van der Waals surface area contributed by atoms with Crippen LogP contribution in [0.5, 0.6) is 0 Å². The maximum absolute atomic E-state index is 2.49. The second kappa shape index (κ2) is 14.6. The van der Waals surface area contributed by atoms with Crippen LogP contribution in [0.15, 0.2) is 249 Å². The summed E-state index contributed by atoms with van der Waals surface area (Å²) < 4.78 is 0. The molecule has 0 aliphatic heterocycles. The highest BCUT2D eigenvalue weighted by Gasteiger charge is 2.52. The van der Waals surface area contributed by atoms with Crippen LogP contribution in [0.1, 0.15) is 22.3 Å². The summed E-state index contributed by atoms with van der Waals surface area (Å²) in [6.45, 7) is 0. The van der Waals surface area contributed by atoms with Crippen molar-refractivity contribution < 1.29 is 0 Å². The van der Waals surface area contributed by atoms with E-state index in [0.29, 0.717) is 0 Å². The van der Waals surface area contributed by atoms with Crippen LogP contribution in [0, 0.1) is 0 Å². The van der Waals surface area contributed by atoms with Crippen LogP contribution in [0.2, 0.25) is 0 Å². The van der Waals surface area contributed by atoms with Gasteiger partial charge in [0.05, 0.1) is 11.1 Å². The van der Waals surface area contributed by atoms with Crippen molar-refractivity contribution in [2.45, 2.75) is 5.41 Å². The summed E-state index contributed by atoms with van der Waals surface area (Å²) in [5.74, 6) is 0. The Morgan fingerprint density at radius 3 is 1.23 bits per heavy atom. The zero-order chi connectivity index (χ0) is 41.0. The van der Waals surface area contributed by atoms with Gasteiger partial charge < -0.3 is 4.90 Å².